The first kappa shape index (κ1) is 23.4. The molecule has 1 N–H and O–H groups in total. The Balaban J connectivity index is 2.01. The van der Waals surface area contributed by atoms with Crippen LogP contribution in [0.5, 0.6) is 11.5 Å². The molecule has 1 heterocycles. The van der Waals surface area contributed by atoms with Crippen LogP contribution in [0.1, 0.15) is 39.1 Å². The van der Waals surface area contributed by atoms with E-state index < -0.39 is 16.0 Å². The van der Waals surface area contributed by atoms with Crippen LogP contribution in [0.3, 0.4) is 0 Å². The number of amides is 1. The van der Waals surface area contributed by atoms with E-state index in [9.17, 15) is 18.0 Å². The van der Waals surface area contributed by atoms with Crippen molar-refractivity contribution in [2.75, 3.05) is 39.1 Å². The summed E-state index contributed by atoms with van der Waals surface area (Å²) in [6.45, 7) is 3.07. The zero-order valence-corrected chi connectivity index (χ0v) is 19.2. The molecule has 9 nitrogen and oxygen atoms in total. The van der Waals surface area contributed by atoms with Gasteiger partial charge < -0.3 is 19.1 Å². The lowest BCUT2D eigenvalue weighted by molar-refractivity contribution is 0.0601. The minimum Gasteiger partial charge on any atom is -0.493 e. The molecular weight excluding hydrogens is 436 g/mol. The first-order chi connectivity index (χ1) is 15.2. The number of rotatable bonds is 7. The second kappa shape index (κ2) is 9.47. The van der Waals surface area contributed by atoms with Gasteiger partial charge in [-0.25, -0.2) is 13.2 Å². The molecule has 10 heteroatoms. The predicted molar refractivity (Wildman–Crippen MR) is 118 cm³/mol. The normalized spacial score (nSPS) is 13.6. The summed E-state index contributed by atoms with van der Waals surface area (Å²) in [6, 6.07) is 7.04. The summed E-state index contributed by atoms with van der Waals surface area (Å²) in [5.41, 5.74) is 0.925. The predicted octanol–water partition coefficient (Wildman–Crippen LogP) is 2.84. The Morgan fingerprint density at radius 1 is 0.938 bits per heavy atom. The number of ether oxygens (including phenoxy) is 3. The fourth-order valence-electron chi connectivity index (χ4n) is 3.54. The van der Waals surface area contributed by atoms with Crippen molar-refractivity contribution in [1.29, 1.82) is 0 Å². The quantitative estimate of drug-likeness (QED) is 0.630. The van der Waals surface area contributed by atoms with E-state index in [1.165, 1.54) is 45.6 Å². The zero-order valence-electron chi connectivity index (χ0n) is 18.4. The van der Waals surface area contributed by atoms with Crippen molar-refractivity contribution in [1.82, 2.24) is 4.90 Å². The van der Waals surface area contributed by atoms with E-state index in [1.807, 2.05) is 0 Å². The summed E-state index contributed by atoms with van der Waals surface area (Å²) < 4.78 is 43.9. The van der Waals surface area contributed by atoms with Gasteiger partial charge in [-0.15, -0.1) is 0 Å². The van der Waals surface area contributed by atoms with Crippen LogP contribution in [0, 0.1) is 6.92 Å². The van der Waals surface area contributed by atoms with Crippen molar-refractivity contribution in [3.63, 3.8) is 0 Å². The Labute approximate surface area is 187 Å². The fourth-order valence-corrected chi connectivity index (χ4v) is 4.63. The average Bonchev–Trinajstić information content (AvgIpc) is 3.32. The van der Waals surface area contributed by atoms with Gasteiger partial charge in [0.05, 0.1) is 37.5 Å². The molecule has 1 saturated heterocycles. The minimum absolute atomic E-state index is 0.0394. The molecule has 32 heavy (non-hydrogen) atoms. The third-order valence-corrected chi connectivity index (χ3v) is 6.68. The van der Waals surface area contributed by atoms with E-state index in [0.29, 0.717) is 24.2 Å². The van der Waals surface area contributed by atoms with Gasteiger partial charge in [-0.3, -0.25) is 9.52 Å². The Morgan fingerprint density at radius 2 is 1.56 bits per heavy atom. The Bertz CT molecular complexity index is 1140. The number of methoxy groups -OCH3 is 3. The third kappa shape index (κ3) is 4.64. The first-order valence-electron chi connectivity index (χ1n) is 9.99. The van der Waals surface area contributed by atoms with Gasteiger partial charge >= 0.3 is 5.97 Å². The van der Waals surface area contributed by atoms with Gasteiger partial charge in [0.15, 0.2) is 11.5 Å². The maximum absolute atomic E-state index is 13.2. The van der Waals surface area contributed by atoms with Crippen LogP contribution in [-0.4, -0.2) is 59.6 Å². The molecule has 1 fully saturated rings. The number of likely N-dealkylation sites (tertiary alicyclic amines) is 1. The number of nitrogens with one attached hydrogen (secondary N) is 1. The summed E-state index contributed by atoms with van der Waals surface area (Å²) in [5, 5.41) is 0. The summed E-state index contributed by atoms with van der Waals surface area (Å²) in [6.07, 6.45) is 1.86. The minimum atomic E-state index is -4.14. The Hall–Kier alpha value is -3.27. The molecule has 0 aromatic heterocycles. The molecule has 2 aromatic rings. The number of carbonyl (C=O) groups excluding carboxylic acids is 2. The standard InChI is InChI=1S/C22H26N2O7S/c1-14-7-8-15(11-16(14)21(25)24-9-5-6-10-24)32(27,28)23-18-13-20(30-3)19(29-2)12-17(18)22(26)31-4/h7-8,11-13,23H,5-6,9-10H2,1-4H3. The maximum atomic E-state index is 13.2. The lowest BCUT2D eigenvalue weighted by atomic mass is 10.1. The highest BCUT2D eigenvalue weighted by molar-refractivity contribution is 7.92. The van der Waals surface area contributed by atoms with Crippen LogP contribution in [0.25, 0.3) is 0 Å². The van der Waals surface area contributed by atoms with Crippen LogP contribution in [-0.2, 0) is 14.8 Å². The van der Waals surface area contributed by atoms with Crippen molar-refractivity contribution >= 4 is 27.6 Å². The number of carbonyl (C=O) groups is 2. The number of benzene rings is 2. The Kier molecular flexibility index (Phi) is 6.93. The molecule has 0 spiro atoms. The SMILES string of the molecule is COC(=O)c1cc(OC)c(OC)cc1NS(=O)(=O)c1ccc(C)c(C(=O)N2CCCC2)c1. The van der Waals surface area contributed by atoms with E-state index in [4.69, 9.17) is 14.2 Å². The highest BCUT2D eigenvalue weighted by Crippen LogP contribution is 2.35. The van der Waals surface area contributed by atoms with E-state index >= 15 is 0 Å². The molecule has 0 radical (unpaired) electrons. The van der Waals surface area contributed by atoms with Crippen molar-refractivity contribution in [2.24, 2.45) is 0 Å². The fraction of sp³-hybridized carbons (Fsp3) is 0.364. The van der Waals surface area contributed by atoms with Crippen molar-refractivity contribution in [2.45, 2.75) is 24.7 Å². The molecule has 1 aliphatic rings. The number of esters is 1. The summed E-state index contributed by atoms with van der Waals surface area (Å²) in [7, 11) is -0.165. The molecule has 0 bridgehead atoms. The van der Waals surface area contributed by atoms with Crippen LogP contribution in [0.15, 0.2) is 35.2 Å². The van der Waals surface area contributed by atoms with Gasteiger partial charge in [0.2, 0.25) is 0 Å². The topological polar surface area (TPSA) is 111 Å². The van der Waals surface area contributed by atoms with E-state index in [0.717, 1.165) is 12.8 Å². The third-order valence-electron chi connectivity index (χ3n) is 5.32. The number of nitrogens with zero attached hydrogens (tertiary/aromatic N) is 1. The highest BCUT2D eigenvalue weighted by Gasteiger charge is 2.26. The van der Waals surface area contributed by atoms with Crippen LogP contribution in [0.2, 0.25) is 0 Å². The molecule has 0 aliphatic carbocycles. The van der Waals surface area contributed by atoms with Gasteiger partial charge in [-0.1, -0.05) is 6.07 Å². The molecule has 1 aliphatic heterocycles. The lowest BCUT2D eigenvalue weighted by Gasteiger charge is -2.18. The van der Waals surface area contributed by atoms with Crippen molar-refractivity contribution < 1.29 is 32.2 Å². The lowest BCUT2D eigenvalue weighted by Crippen LogP contribution is -2.28. The zero-order chi connectivity index (χ0) is 23.5. The molecule has 0 atom stereocenters. The molecule has 3 rings (SSSR count). The monoisotopic (exact) mass is 462 g/mol. The molecule has 1 amide bonds. The summed E-state index contributed by atoms with van der Waals surface area (Å²) >= 11 is 0. The van der Waals surface area contributed by atoms with E-state index in [1.54, 1.807) is 17.9 Å². The van der Waals surface area contributed by atoms with Crippen molar-refractivity contribution in [3.8, 4) is 11.5 Å². The molecule has 0 unspecified atom stereocenters. The second-order valence-corrected chi connectivity index (χ2v) is 9.01. The number of anilines is 1. The van der Waals surface area contributed by atoms with Crippen LogP contribution >= 0.6 is 0 Å². The van der Waals surface area contributed by atoms with Gasteiger partial charge in [-0.05, 0) is 37.5 Å². The molecule has 0 saturated carbocycles. The summed E-state index contributed by atoms with van der Waals surface area (Å²) in [5.74, 6) is -0.479. The molecular formula is C22H26N2O7S. The highest BCUT2D eigenvalue weighted by atomic mass is 32.2. The van der Waals surface area contributed by atoms with Gasteiger partial charge in [0.25, 0.3) is 15.9 Å². The van der Waals surface area contributed by atoms with E-state index in [2.05, 4.69) is 4.72 Å². The average molecular weight is 463 g/mol. The summed E-state index contributed by atoms with van der Waals surface area (Å²) in [4.78, 5) is 26.7. The first-order valence-corrected chi connectivity index (χ1v) is 11.5. The largest absolute Gasteiger partial charge is 0.493 e. The molecule has 172 valence electrons. The van der Waals surface area contributed by atoms with Gasteiger partial charge in [0.1, 0.15) is 0 Å². The van der Waals surface area contributed by atoms with Crippen LogP contribution in [0.4, 0.5) is 5.69 Å². The number of sulfonamides is 1. The second-order valence-electron chi connectivity index (χ2n) is 7.33. The van der Waals surface area contributed by atoms with Crippen molar-refractivity contribution in [3.05, 3.63) is 47.0 Å². The number of hydrogen-bond donors (Lipinski definition) is 1. The van der Waals surface area contributed by atoms with Gasteiger partial charge in [-0.2, -0.15) is 0 Å². The van der Waals surface area contributed by atoms with Crippen LogP contribution < -0.4 is 14.2 Å². The van der Waals surface area contributed by atoms with E-state index in [-0.39, 0.29) is 33.6 Å². The Morgan fingerprint density at radius 3 is 2.16 bits per heavy atom. The maximum Gasteiger partial charge on any atom is 0.340 e. The van der Waals surface area contributed by atoms with Gasteiger partial charge in [0, 0.05) is 30.8 Å². The molecule has 2 aromatic carbocycles. The number of hydrogen-bond acceptors (Lipinski definition) is 7. The smallest absolute Gasteiger partial charge is 0.340 e. The number of aryl methyl sites for hydroxylation is 1.